The number of fused-ring (bicyclic) bond motifs is 18. The van der Waals surface area contributed by atoms with Gasteiger partial charge in [-0.1, -0.05) is 23.4 Å². The van der Waals surface area contributed by atoms with Crippen LogP contribution >= 0.6 is 0 Å². The van der Waals surface area contributed by atoms with Crippen LogP contribution in [0.15, 0.2) is 60.8 Å². The van der Waals surface area contributed by atoms with Crippen molar-refractivity contribution in [2.45, 2.75) is 32.4 Å². The van der Waals surface area contributed by atoms with Crippen LogP contribution in [0.2, 0.25) is 0 Å². The van der Waals surface area contributed by atoms with Crippen LogP contribution in [0.1, 0.15) is 35.3 Å². The first-order chi connectivity index (χ1) is 24.3. The number of benzene rings is 2. The van der Waals surface area contributed by atoms with Gasteiger partial charge in [-0.3, -0.25) is 23.9 Å². The predicted molar refractivity (Wildman–Crippen MR) is 178 cm³/mol. The van der Waals surface area contributed by atoms with Crippen molar-refractivity contribution < 1.29 is 37.8 Å². The van der Waals surface area contributed by atoms with Crippen molar-refractivity contribution in [1.29, 1.82) is 0 Å². The number of carbonyl (C=O) groups is 4. The zero-order chi connectivity index (χ0) is 35.1. The number of ether oxygens (including phenoxy) is 3. The van der Waals surface area contributed by atoms with Crippen LogP contribution in [0.4, 0.5) is 4.39 Å². The van der Waals surface area contributed by atoms with Crippen LogP contribution in [0, 0.1) is 17.7 Å². The molecule has 3 aliphatic rings. The monoisotopic (exact) mass is 693 g/mol. The molecule has 0 spiro atoms. The molecule has 15 heteroatoms. The van der Waals surface area contributed by atoms with Crippen molar-refractivity contribution in [1.82, 2.24) is 35.4 Å². The van der Waals surface area contributed by atoms with Crippen LogP contribution < -0.4 is 15.4 Å². The number of carbonyl (C=O) groups excluding carboxylic acids is 4. The maximum absolute atomic E-state index is 13.8. The summed E-state index contributed by atoms with van der Waals surface area (Å²) in [5.41, 5.74) is 0.903. The van der Waals surface area contributed by atoms with E-state index in [1.54, 1.807) is 9.58 Å². The summed E-state index contributed by atoms with van der Waals surface area (Å²) >= 11 is 0. The maximum Gasteiger partial charge on any atom is 0.254 e. The third kappa shape index (κ3) is 11.3. The van der Waals surface area contributed by atoms with Crippen molar-refractivity contribution in [2.75, 3.05) is 65.7 Å². The molecule has 4 heterocycles. The molecule has 14 nitrogen and oxygen atoms in total. The lowest BCUT2D eigenvalue weighted by Crippen LogP contribution is -2.50. The molecule has 3 fully saturated rings. The molecule has 0 saturated carbocycles. The van der Waals surface area contributed by atoms with E-state index in [0.29, 0.717) is 57.7 Å². The fourth-order valence-electron chi connectivity index (χ4n) is 6.02. The lowest BCUT2D eigenvalue weighted by molar-refractivity contribution is -0.135. The molecule has 3 saturated heterocycles. The minimum Gasteiger partial charge on any atom is -0.487 e. The molecule has 0 unspecified atom stereocenters. The number of nitrogens with zero attached hydrogens (tertiary/aromatic N) is 5. The number of piperidine rings is 1. The van der Waals surface area contributed by atoms with Gasteiger partial charge in [0, 0.05) is 51.3 Å². The molecule has 1 aromatic heterocycles. The number of amides is 4. The Morgan fingerprint density at radius 3 is 2.54 bits per heavy atom. The second-order valence-electron chi connectivity index (χ2n) is 12.3. The number of hydrogen-bond acceptors (Lipinski definition) is 9. The van der Waals surface area contributed by atoms with Gasteiger partial charge in [-0.25, -0.2) is 4.39 Å². The zero-order valence-electron chi connectivity index (χ0n) is 28.0. The first kappa shape index (κ1) is 36.4. The summed E-state index contributed by atoms with van der Waals surface area (Å²) in [4.78, 5) is 55.6. The minimum atomic E-state index is -0.484. The molecule has 2 atom stereocenters. The van der Waals surface area contributed by atoms with Gasteiger partial charge in [-0.2, -0.15) is 0 Å². The SMILES string of the molecule is O=C1COCCOCCNC(=O)C[C@@H]2CCN(C[C@@H]2CCn2cc(COc3ccccc3)nn2)C(=O)CN(C(=O)c2ccc(F)cc2)CCN1. The zero-order valence-corrected chi connectivity index (χ0v) is 28.0. The molecule has 268 valence electrons. The van der Waals surface area contributed by atoms with E-state index < -0.39 is 11.7 Å². The third-order valence-corrected chi connectivity index (χ3v) is 8.72. The van der Waals surface area contributed by atoms with Crippen LogP contribution in [-0.2, 0) is 37.0 Å². The average molecular weight is 694 g/mol. The van der Waals surface area contributed by atoms with Crippen molar-refractivity contribution in [3.05, 3.63) is 77.9 Å². The molecule has 6 rings (SSSR count). The van der Waals surface area contributed by atoms with Gasteiger partial charge < -0.3 is 34.6 Å². The molecule has 50 heavy (non-hydrogen) atoms. The van der Waals surface area contributed by atoms with E-state index in [2.05, 4.69) is 20.9 Å². The van der Waals surface area contributed by atoms with Crippen molar-refractivity contribution >= 4 is 23.6 Å². The van der Waals surface area contributed by atoms with E-state index in [9.17, 15) is 23.6 Å². The van der Waals surface area contributed by atoms with Crippen LogP contribution in [0.3, 0.4) is 0 Å². The second-order valence-corrected chi connectivity index (χ2v) is 12.3. The highest BCUT2D eigenvalue weighted by Gasteiger charge is 2.34. The quantitative estimate of drug-likeness (QED) is 0.352. The van der Waals surface area contributed by atoms with Gasteiger partial charge in [0.05, 0.1) is 26.0 Å². The highest BCUT2D eigenvalue weighted by atomic mass is 19.1. The third-order valence-electron chi connectivity index (χ3n) is 8.72. The summed E-state index contributed by atoms with van der Waals surface area (Å²) in [7, 11) is 0. The number of rotatable bonds is 7. The average Bonchev–Trinajstić information content (AvgIpc) is 3.58. The second kappa shape index (κ2) is 18.8. The maximum atomic E-state index is 13.8. The van der Waals surface area contributed by atoms with Gasteiger partial charge in [0.2, 0.25) is 17.7 Å². The highest BCUT2D eigenvalue weighted by Crippen LogP contribution is 2.30. The first-order valence-electron chi connectivity index (χ1n) is 16.9. The Bertz CT molecular complexity index is 1560. The molecule has 3 aromatic rings. The Kier molecular flexibility index (Phi) is 13.7. The number of hydrogen-bond donors (Lipinski definition) is 2. The van der Waals surface area contributed by atoms with E-state index in [4.69, 9.17) is 14.2 Å². The Morgan fingerprint density at radius 2 is 1.72 bits per heavy atom. The first-order valence-corrected chi connectivity index (χ1v) is 16.9. The summed E-state index contributed by atoms with van der Waals surface area (Å²) in [5.74, 6) is -0.961. The van der Waals surface area contributed by atoms with E-state index in [1.807, 2.05) is 36.5 Å². The Labute approximate surface area is 290 Å². The molecule has 2 bridgehead atoms. The smallest absolute Gasteiger partial charge is 0.254 e. The van der Waals surface area contributed by atoms with Gasteiger partial charge in [0.15, 0.2) is 0 Å². The molecule has 2 aromatic carbocycles. The Balaban J connectivity index is 1.27. The Hall–Kier alpha value is -4.89. The summed E-state index contributed by atoms with van der Waals surface area (Å²) in [6.45, 7) is 2.42. The lowest BCUT2D eigenvalue weighted by atomic mass is 9.81. The largest absolute Gasteiger partial charge is 0.487 e. The van der Waals surface area contributed by atoms with Crippen LogP contribution in [-0.4, -0.2) is 114 Å². The summed E-state index contributed by atoms with van der Waals surface area (Å²) in [5, 5.41) is 14.1. The van der Waals surface area contributed by atoms with Gasteiger partial charge >= 0.3 is 0 Å². The summed E-state index contributed by atoms with van der Waals surface area (Å²) in [6.07, 6.45) is 3.37. The molecule has 4 amide bonds. The highest BCUT2D eigenvalue weighted by molar-refractivity contribution is 5.96. The Morgan fingerprint density at radius 1 is 0.940 bits per heavy atom. The molecule has 0 aliphatic carbocycles. The summed E-state index contributed by atoms with van der Waals surface area (Å²) in [6, 6.07) is 14.6. The van der Waals surface area contributed by atoms with Crippen molar-refractivity contribution in [3.63, 3.8) is 0 Å². The number of para-hydroxylation sites is 1. The molecular formula is C35H44FN7O7. The molecule has 3 aliphatic heterocycles. The van der Waals surface area contributed by atoms with Gasteiger partial charge in [0.1, 0.15) is 37.0 Å². The van der Waals surface area contributed by atoms with E-state index >= 15 is 0 Å². The predicted octanol–water partition coefficient (Wildman–Crippen LogP) is 1.66. The van der Waals surface area contributed by atoms with E-state index in [0.717, 1.165) is 5.75 Å². The van der Waals surface area contributed by atoms with Crippen molar-refractivity contribution in [2.24, 2.45) is 11.8 Å². The fraction of sp³-hybridized carbons (Fsp3) is 0.486. The number of nitrogens with one attached hydrogen (secondary N) is 2. The normalized spacial score (nSPS) is 20.5. The topological polar surface area (TPSA) is 157 Å². The van der Waals surface area contributed by atoms with Crippen LogP contribution in [0.25, 0.3) is 0 Å². The number of halogens is 1. The fourth-order valence-corrected chi connectivity index (χ4v) is 6.02. The molecule has 0 radical (unpaired) electrons. The van der Waals surface area contributed by atoms with E-state index in [-0.39, 0.29) is 81.2 Å². The van der Waals surface area contributed by atoms with Gasteiger partial charge in [0.25, 0.3) is 5.91 Å². The van der Waals surface area contributed by atoms with E-state index in [1.165, 1.54) is 29.2 Å². The van der Waals surface area contributed by atoms with Crippen molar-refractivity contribution in [3.8, 4) is 5.75 Å². The van der Waals surface area contributed by atoms with Gasteiger partial charge in [-0.05, 0) is 61.1 Å². The molecule has 2 N–H and O–H groups in total. The number of aryl methyl sites for hydroxylation is 1. The minimum absolute atomic E-state index is 0.0130. The van der Waals surface area contributed by atoms with Gasteiger partial charge in [-0.15, -0.1) is 5.10 Å². The number of aromatic nitrogens is 3. The van der Waals surface area contributed by atoms with Crippen LogP contribution in [0.5, 0.6) is 5.75 Å². The summed E-state index contributed by atoms with van der Waals surface area (Å²) < 4.78 is 32.0. The lowest BCUT2D eigenvalue weighted by Gasteiger charge is -2.39. The molecular weight excluding hydrogens is 649 g/mol. The standard InChI is InChI=1S/C35H44FN7O7/c36-29-8-6-26(7-9-29)35(47)42-16-12-37-33(45)25-49-19-18-48-17-13-38-32(44)20-27-10-14-41(34(46)23-42)21-28(27)11-15-43-22-30(39-40-43)24-50-31-4-2-1-3-5-31/h1-9,22,27-28H,10-21,23-25H2,(H,37,45)(H,38,44)/t27-,28-/m0/s1.